The number of benzene rings is 2. The van der Waals surface area contributed by atoms with Crippen molar-refractivity contribution in [3.8, 4) is 29.2 Å². The standard InChI is InChI=1S/C39H33N3O9/c1-38(22-48-35(45)25-9-5-23(19-40)6-10-25)16-15-28-34(44)33-30(18-29(49-37(33)47)27-4-3-17-42-21-27)51-39(28,2)32(14-13-31(38)43)50-36(46)26-11-7-24(20-41)8-12-26/h3-12,17-18,21,28,31-32,43H,13-16,22H2,1-2H3/t28?,31?,32-,38?,39-/m0/s1. The minimum atomic E-state index is -1.52. The number of aliphatic hydroxyl groups is 1. The Morgan fingerprint density at radius 3 is 2.20 bits per heavy atom. The maximum atomic E-state index is 14.4. The molecule has 0 radical (unpaired) electrons. The van der Waals surface area contributed by atoms with Crippen LogP contribution in [0.15, 0.2) is 88.3 Å². The smallest absolute Gasteiger partial charge is 0.351 e. The van der Waals surface area contributed by atoms with Crippen molar-refractivity contribution in [1.82, 2.24) is 4.98 Å². The predicted octanol–water partition coefficient (Wildman–Crippen LogP) is 5.42. The van der Waals surface area contributed by atoms with E-state index in [4.69, 9.17) is 23.9 Å². The maximum Gasteiger partial charge on any atom is 0.351 e. The molecule has 3 unspecified atom stereocenters. The normalized spacial score (nSPS) is 24.1. The summed E-state index contributed by atoms with van der Waals surface area (Å²) in [6.07, 6.45) is 1.21. The molecule has 51 heavy (non-hydrogen) atoms. The minimum absolute atomic E-state index is 0.0350. The number of Topliss-reactive ketones (excluding diaryl/α,β-unsaturated/α-hetero) is 1. The van der Waals surface area contributed by atoms with Crippen LogP contribution in [0.5, 0.6) is 5.75 Å². The summed E-state index contributed by atoms with van der Waals surface area (Å²) in [6.45, 7) is 3.17. The third-order valence-corrected chi connectivity index (χ3v) is 9.88. The zero-order valence-electron chi connectivity index (χ0n) is 27.8. The Kier molecular flexibility index (Phi) is 9.55. The van der Waals surface area contributed by atoms with Crippen LogP contribution in [-0.2, 0) is 9.47 Å². The lowest BCUT2D eigenvalue weighted by Crippen LogP contribution is -2.58. The number of esters is 2. The molecule has 3 heterocycles. The molecule has 0 saturated heterocycles. The van der Waals surface area contributed by atoms with Gasteiger partial charge in [-0.05, 0) is 93.3 Å². The summed E-state index contributed by atoms with van der Waals surface area (Å²) in [6, 6.07) is 20.6. The zero-order valence-corrected chi connectivity index (χ0v) is 27.8. The monoisotopic (exact) mass is 687 g/mol. The zero-order chi connectivity index (χ0) is 36.3. The van der Waals surface area contributed by atoms with Gasteiger partial charge in [-0.3, -0.25) is 9.78 Å². The number of hydrogen-bond acceptors (Lipinski definition) is 12. The predicted molar refractivity (Wildman–Crippen MR) is 179 cm³/mol. The third-order valence-electron chi connectivity index (χ3n) is 9.88. The number of hydrogen-bond donors (Lipinski definition) is 1. The highest BCUT2D eigenvalue weighted by molar-refractivity contribution is 6.02. The van der Waals surface area contributed by atoms with Crippen LogP contribution in [0.3, 0.4) is 0 Å². The molecule has 12 nitrogen and oxygen atoms in total. The van der Waals surface area contributed by atoms with E-state index in [1.165, 1.54) is 60.8 Å². The number of ether oxygens (including phenoxy) is 3. The quantitative estimate of drug-likeness (QED) is 0.254. The number of fused-ring (bicyclic) bond motifs is 2. The van der Waals surface area contributed by atoms with E-state index in [2.05, 4.69) is 4.98 Å². The van der Waals surface area contributed by atoms with E-state index in [-0.39, 0.29) is 60.5 Å². The van der Waals surface area contributed by atoms with E-state index in [0.717, 1.165) is 0 Å². The molecule has 2 aliphatic rings. The second-order valence-electron chi connectivity index (χ2n) is 13.2. The van der Waals surface area contributed by atoms with Gasteiger partial charge >= 0.3 is 17.6 Å². The highest BCUT2D eigenvalue weighted by Crippen LogP contribution is 2.47. The van der Waals surface area contributed by atoms with Gasteiger partial charge in [0.1, 0.15) is 23.2 Å². The van der Waals surface area contributed by atoms with Crippen LogP contribution in [0.25, 0.3) is 11.3 Å². The van der Waals surface area contributed by atoms with Gasteiger partial charge in [0.2, 0.25) is 0 Å². The summed E-state index contributed by atoms with van der Waals surface area (Å²) in [5.41, 5.74) is -2.16. The number of carbonyl (C=O) groups excluding carboxylic acids is 3. The number of nitriles is 2. The Hall–Kier alpha value is -6.11. The van der Waals surface area contributed by atoms with Crippen molar-refractivity contribution in [2.75, 3.05) is 6.61 Å². The molecule has 1 aliphatic heterocycles. The number of pyridine rings is 1. The average molecular weight is 688 g/mol. The van der Waals surface area contributed by atoms with Crippen molar-refractivity contribution in [2.45, 2.75) is 57.3 Å². The Balaban J connectivity index is 1.35. The molecule has 0 bridgehead atoms. The summed E-state index contributed by atoms with van der Waals surface area (Å²) in [5.74, 6) is -2.91. The van der Waals surface area contributed by atoms with Gasteiger partial charge in [-0.2, -0.15) is 10.5 Å². The third kappa shape index (κ3) is 6.87. The number of aliphatic hydroxyl groups excluding tert-OH is 1. The molecule has 12 heteroatoms. The highest BCUT2D eigenvalue weighted by atomic mass is 16.6. The molecule has 1 fully saturated rings. The van der Waals surface area contributed by atoms with Crippen molar-refractivity contribution < 1.29 is 38.1 Å². The van der Waals surface area contributed by atoms with Crippen LogP contribution in [0.2, 0.25) is 0 Å². The lowest BCUT2D eigenvalue weighted by molar-refractivity contribution is -0.0928. The van der Waals surface area contributed by atoms with Gasteiger partial charge in [0.05, 0.1) is 53.0 Å². The van der Waals surface area contributed by atoms with E-state index in [1.54, 1.807) is 32.2 Å². The first-order valence-electron chi connectivity index (χ1n) is 16.3. The number of ketones is 1. The Morgan fingerprint density at radius 2 is 1.59 bits per heavy atom. The fourth-order valence-electron chi connectivity index (χ4n) is 6.68. The lowest BCUT2D eigenvalue weighted by atomic mass is 9.72. The molecule has 2 aromatic heterocycles. The van der Waals surface area contributed by atoms with Gasteiger partial charge in [-0.25, -0.2) is 14.4 Å². The summed E-state index contributed by atoms with van der Waals surface area (Å²) in [4.78, 5) is 58.3. The van der Waals surface area contributed by atoms with Crippen LogP contribution in [-0.4, -0.2) is 52.2 Å². The fraction of sp³-hybridized carbons (Fsp3) is 0.308. The SMILES string of the molecule is CC1(COC(=O)c2ccc(C#N)cc2)CCC2C(=O)c3c(cc(-c4cccnc4)oc3=O)O[C@]2(C)[C@@H](OC(=O)c2ccc(C#N)cc2)CCC1O. The van der Waals surface area contributed by atoms with Crippen LogP contribution in [0, 0.1) is 34.0 Å². The fourth-order valence-corrected chi connectivity index (χ4v) is 6.68. The molecule has 1 saturated carbocycles. The van der Waals surface area contributed by atoms with Gasteiger partial charge in [-0.15, -0.1) is 0 Å². The molecule has 1 N–H and O–H groups in total. The number of aromatic nitrogens is 1. The second kappa shape index (κ2) is 14.0. The Labute approximate surface area is 292 Å². The minimum Gasteiger partial charge on any atom is -0.482 e. The molecule has 2 aromatic carbocycles. The molecule has 5 atom stereocenters. The average Bonchev–Trinajstić information content (AvgIpc) is 3.18. The maximum absolute atomic E-state index is 14.4. The summed E-state index contributed by atoms with van der Waals surface area (Å²) >= 11 is 0. The number of rotatable bonds is 6. The van der Waals surface area contributed by atoms with E-state index < -0.39 is 52.5 Å². The van der Waals surface area contributed by atoms with Gasteiger partial charge in [-0.1, -0.05) is 6.92 Å². The summed E-state index contributed by atoms with van der Waals surface area (Å²) in [5, 5.41) is 29.9. The number of carbonyl (C=O) groups is 3. The van der Waals surface area contributed by atoms with E-state index in [9.17, 15) is 29.5 Å². The molecular weight excluding hydrogens is 654 g/mol. The molecule has 0 amide bonds. The van der Waals surface area contributed by atoms with Crippen LogP contribution < -0.4 is 10.4 Å². The first kappa shape index (κ1) is 34.7. The first-order chi connectivity index (χ1) is 24.5. The molecule has 4 aromatic rings. The van der Waals surface area contributed by atoms with Crippen molar-refractivity contribution in [3.63, 3.8) is 0 Å². The first-order valence-corrected chi connectivity index (χ1v) is 16.3. The highest BCUT2D eigenvalue weighted by Gasteiger charge is 2.56. The van der Waals surface area contributed by atoms with Gasteiger partial charge in [0.15, 0.2) is 11.4 Å². The van der Waals surface area contributed by atoms with Crippen LogP contribution in [0.4, 0.5) is 0 Å². The van der Waals surface area contributed by atoms with E-state index in [0.29, 0.717) is 16.7 Å². The van der Waals surface area contributed by atoms with Gasteiger partial charge < -0.3 is 23.7 Å². The molecular formula is C39H33N3O9. The van der Waals surface area contributed by atoms with Crippen molar-refractivity contribution >= 4 is 17.7 Å². The van der Waals surface area contributed by atoms with Crippen molar-refractivity contribution in [2.24, 2.45) is 11.3 Å². The van der Waals surface area contributed by atoms with E-state index in [1.807, 2.05) is 12.1 Å². The largest absolute Gasteiger partial charge is 0.482 e. The molecule has 258 valence electrons. The lowest BCUT2D eigenvalue weighted by Gasteiger charge is -2.45. The molecule has 1 aliphatic carbocycles. The van der Waals surface area contributed by atoms with Gasteiger partial charge in [0, 0.05) is 29.4 Å². The molecule has 6 rings (SSSR count). The summed E-state index contributed by atoms with van der Waals surface area (Å²) in [7, 11) is 0. The summed E-state index contributed by atoms with van der Waals surface area (Å²) < 4.78 is 23.9. The van der Waals surface area contributed by atoms with E-state index >= 15 is 0 Å². The van der Waals surface area contributed by atoms with Crippen molar-refractivity contribution in [1.29, 1.82) is 10.5 Å². The van der Waals surface area contributed by atoms with Crippen molar-refractivity contribution in [3.05, 3.63) is 117 Å². The topological polar surface area (TPSA) is 190 Å². The second-order valence-corrected chi connectivity index (χ2v) is 13.2. The van der Waals surface area contributed by atoms with Crippen LogP contribution in [0.1, 0.15) is 81.7 Å². The number of nitrogens with zero attached hydrogens (tertiary/aromatic N) is 3. The Bertz CT molecular complexity index is 2120. The Morgan fingerprint density at radius 1 is 0.941 bits per heavy atom. The van der Waals surface area contributed by atoms with Gasteiger partial charge in [0.25, 0.3) is 0 Å². The molecule has 0 spiro atoms. The van der Waals surface area contributed by atoms with Crippen LogP contribution >= 0.6 is 0 Å².